The van der Waals surface area contributed by atoms with E-state index < -0.39 is 0 Å². The van der Waals surface area contributed by atoms with E-state index in [4.69, 9.17) is 5.84 Å². The fourth-order valence-corrected chi connectivity index (χ4v) is 3.09. The van der Waals surface area contributed by atoms with Gasteiger partial charge in [0.2, 0.25) is 0 Å². The Morgan fingerprint density at radius 2 is 1.67 bits per heavy atom. The van der Waals surface area contributed by atoms with Gasteiger partial charge in [-0.15, -0.1) is 11.3 Å². The van der Waals surface area contributed by atoms with Crippen LogP contribution in [-0.4, -0.2) is 0 Å². The number of aryl methyl sites for hydroxylation is 1. The summed E-state index contributed by atoms with van der Waals surface area (Å²) in [4.78, 5) is 1.29. The molecule has 1 aromatic carbocycles. The Balaban J connectivity index is 2.31. The number of hydrazine groups is 1. The minimum atomic E-state index is 0.0891. The van der Waals surface area contributed by atoms with Gasteiger partial charge in [-0.25, -0.2) is 5.43 Å². The van der Waals surface area contributed by atoms with Crippen LogP contribution in [0.15, 0.2) is 35.7 Å². The van der Waals surface area contributed by atoms with Crippen molar-refractivity contribution in [3.63, 3.8) is 0 Å². The van der Waals surface area contributed by atoms with E-state index in [0.717, 1.165) is 0 Å². The van der Waals surface area contributed by atoms with Crippen LogP contribution in [0.5, 0.6) is 0 Å². The molecule has 0 fully saturated rings. The van der Waals surface area contributed by atoms with Gasteiger partial charge in [-0.1, -0.05) is 38.1 Å². The second-order valence-electron chi connectivity index (χ2n) is 4.89. The quantitative estimate of drug-likeness (QED) is 0.649. The van der Waals surface area contributed by atoms with Gasteiger partial charge in [0.15, 0.2) is 0 Å². The molecule has 0 spiro atoms. The average molecular weight is 260 g/mol. The minimum absolute atomic E-state index is 0.0891. The molecule has 0 aliphatic rings. The van der Waals surface area contributed by atoms with Crippen molar-refractivity contribution in [2.45, 2.75) is 32.7 Å². The first kappa shape index (κ1) is 13.3. The van der Waals surface area contributed by atoms with Crippen LogP contribution < -0.4 is 11.3 Å². The highest BCUT2D eigenvalue weighted by molar-refractivity contribution is 7.10. The molecular formula is C15H20N2S. The van der Waals surface area contributed by atoms with E-state index in [0.29, 0.717) is 5.92 Å². The van der Waals surface area contributed by atoms with Gasteiger partial charge in [0.05, 0.1) is 6.04 Å². The summed E-state index contributed by atoms with van der Waals surface area (Å²) in [6, 6.07) is 10.9. The van der Waals surface area contributed by atoms with Crippen molar-refractivity contribution in [3.8, 4) is 0 Å². The van der Waals surface area contributed by atoms with Gasteiger partial charge < -0.3 is 0 Å². The van der Waals surface area contributed by atoms with E-state index in [1.165, 1.54) is 21.6 Å². The largest absolute Gasteiger partial charge is 0.271 e. The topological polar surface area (TPSA) is 38.0 Å². The fraction of sp³-hybridized carbons (Fsp3) is 0.333. The van der Waals surface area contributed by atoms with Gasteiger partial charge in [-0.3, -0.25) is 5.84 Å². The Bertz CT molecular complexity index is 499. The second-order valence-corrected chi connectivity index (χ2v) is 5.84. The van der Waals surface area contributed by atoms with Crippen molar-refractivity contribution < 1.29 is 0 Å². The third kappa shape index (κ3) is 2.64. The standard InChI is InChI=1S/C15H20N2S/c1-10(2)12-4-6-13(7-5-12)14(17-16)15-11(3)8-9-18-15/h4-10,14,17H,16H2,1-3H3. The van der Waals surface area contributed by atoms with Crippen molar-refractivity contribution in [2.24, 2.45) is 5.84 Å². The number of thiophene rings is 1. The molecule has 1 unspecified atom stereocenters. The Morgan fingerprint density at radius 1 is 1.06 bits per heavy atom. The fourth-order valence-electron chi connectivity index (χ4n) is 2.08. The Hall–Kier alpha value is -1.16. The number of nitrogens with two attached hydrogens (primary N) is 1. The molecular weight excluding hydrogens is 240 g/mol. The molecule has 2 aromatic rings. The Labute approximate surface area is 113 Å². The van der Waals surface area contributed by atoms with Gasteiger partial charge in [0.1, 0.15) is 0 Å². The van der Waals surface area contributed by atoms with Crippen LogP contribution in [0.3, 0.4) is 0 Å². The van der Waals surface area contributed by atoms with E-state index in [1.54, 1.807) is 11.3 Å². The van der Waals surface area contributed by atoms with E-state index >= 15 is 0 Å². The van der Waals surface area contributed by atoms with Gasteiger partial charge in [-0.05, 0) is 41.0 Å². The monoisotopic (exact) mass is 260 g/mol. The third-order valence-corrected chi connectivity index (χ3v) is 4.35. The molecule has 0 amide bonds. The van der Waals surface area contributed by atoms with E-state index in [1.807, 2.05) is 0 Å². The lowest BCUT2D eigenvalue weighted by Gasteiger charge is -2.17. The zero-order chi connectivity index (χ0) is 13.1. The molecule has 0 bridgehead atoms. The smallest absolute Gasteiger partial charge is 0.0805 e. The first-order valence-electron chi connectivity index (χ1n) is 6.23. The highest BCUT2D eigenvalue weighted by Gasteiger charge is 2.15. The zero-order valence-corrected chi connectivity index (χ0v) is 11.9. The van der Waals surface area contributed by atoms with Gasteiger partial charge in [0, 0.05) is 4.88 Å². The lowest BCUT2D eigenvalue weighted by Crippen LogP contribution is -2.28. The highest BCUT2D eigenvalue weighted by atomic mass is 32.1. The lowest BCUT2D eigenvalue weighted by atomic mass is 9.98. The molecule has 3 N–H and O–H groups in total. The van der Waals surface area contributed by atoms with Crippen LogP contribution in [0.4, 0.5) is 0 Å². The van der Waals surface area contributed by atoms with Crippen LogP contribution in [-0.2, 0) is 0 Å². The van der Waals surface area contributed by atoms with Gasteiger partial charge in [-0.2, -0.15) is 0 Å². The molecule has 1 aromatic heterocycles. The minimum Gasteiger partial charge on any atom is -0.271 e. The summed E-state index contributed by atoms with van der Waals surface area (Å²) in [7, 11) is 0. The summed E-state index contributed by atoms with van der Waals surface area (Å²) in [5.74, 6) is 6.28. The van der Waals surface area contributed by atoms with E-state index in [2.05, 4.69) is 61.9 Å². The zero-order valence-electron chi connectivity index (χ0n) is 11.1. The maximum Gasteiger partial charge on any atom is 0.0805 e. The van der Waals surface area contributed by atoms with Crippen molar-refractivity contribution >= 4 is 11.3 Å². The number of hydrogen-bond acceptors (Lipinski definition) is 3. The molecule has 0 aliphatic carbocycles. The molecule has 0 aliphatic heterocycles. The van der Waals surface area contributed by atoms with Crippen LogP contribution in [0.1, 0.15) is 47.4 Å². The average Bonchev–Trinajstić information content (AvgIpc) is 2.78. The van der Waals surface area contributed by atoms with E-state index in [9.17, 15) is 0 Å². The molecule has 0 saturated heterocycles. The van der Waals surface area contributed by atoms with E-state index in [-0.39, 0.29) is 6.04 Å². The SMILES string of the molecule is Cc1ccsc1C(NN)c1ccc(C(C)C)cc1. The predicted molar refractivity (Wildman–Crippen MR) is 78.8 cm³/mol. The highest BCUT2D eigenvalue weighted by Crippen LogP contribution is 2.29. The summed E-state index contributed by atoms with van der Waals surface area (Å²) >= 11 is 1.75. The first-order valence-corrected chi connectivity index (χ1v) is 7.11. The van der Waals surface area contributed by atoms with Crippen molar-refractivity contribution in [3.05, 3.63) is 57.3 Å². The summed E-state index contributed by atoms with van der Waals surface area (Å²) in [6.07, 6.45) is 0. The summed E-state index contributed by atoms with van der Waals surface area (Å²) in [5, 5.41) is 2.11. The number of hydrogen-bond donors (Lipinski definition) is 2. The molecule has 3 heteroatoms. The van der Waals surface area contributed by atoms with Crippen LogP contribution in [0, 0.1) is 6.92 Å². The maximum absolute atomic E-state index is 5.72. The van der Waals surface area contributed by atoms with Crippen LogP contribution in [0.25, 0.3) is 0 Å². The van der Waals surface area contributed by atoms with Crippen molar-refractivity contribution in [2.75, 3.05) is 0 Å². The molecule has 1 atom stereocenters. The normalized spacial score (nSPS) is 12.9. The molecule has 18 heavy (non-hydrogen) atoms. The molecule has 96 valence electrons. The lowest BCUT2D eigenvalue weighted by molar-refractivity contribution is 0.643. The van der Waals surface area contributed by atoms with Gasteiger partial charge >= 0.3 is 0 Å². The molecule has 2 nitrogen and oxygen atoms in total. The van der Waals surface area contributed by atoms with Gasteiger partial charge in [0.25, 0.3) is 0 Å². The third-order valence-electron chi connectivity index (χ3n) is 3.27. The second kappa shape index (κ2) is 5.65. The Morgan fingerprint density at radius 3 is 2.11 bits per heavy atom. The summed E-state index contributed by atoms with van der Waals surface area (Å²) < 4.78 is 0. The van der Waals surface area contributed by atoms with Crippen LogP contribution >= 0.6 is 11.3 Å². The Kier molecular flexibility index (Phi) is 4.17. The molecule has 1 heterocycles. The number of benzene rings is 1. The van der Waals surface area contributed by atoms with Crippen molar-refractivity contribution in [1.29, 1.82) is 0 Å². The summed E-state index contributed by atoms with van der Waals surface area (Å²) in [5.41, 5.74) is 6.78. The predicted octanol–water partition coefficient (Wildman–Crippen LogP) is 3.73. The molecule has 0 radical (unpaired) electrons. The molecule has 2 rings (SSSR count). The number of nitrogens with one attached hydrogen (secondary N) is 1. The van der Waals surface area contributed by atoms with Crippen LogP contribution in [0.2, 0.25) is 0 Å². The first-order chi connectivity index (χ1) is 8.63. The number of rotatable bonds is 4. The molecule has 0 saturated carbocycles. The summed E-state index contributed by atoms with van der Waals surface area (Å²) in [6.45, 7) is 6.53. The van der Waals surface area contributed by atoms with Crippen molar-refractivity contribution in [1.82, 2.24) is 5.43 Å². The maximum atomic E-state index is 5.72.